The Morgan fingerprint density at radius 3 is 2.88 bits per heavy atom. The van der Waals surface area contributed by atoms with E-state index in [0.717, 1.165) is 25.7 Å². The fourth-order valence-electron chi connectivity index (χ4n) is 3.29. The van der Waals surface area contributed by atoms with Crippen molar-refractivity contribution in [2.45, 2.75) is 37.8 Å². The Labute approximate surface area is 150 Å². The molecule has 1 aliphatic carbocycles. The van der Waals surface area contributed by atoms with Gasteiger partial charge in [-0.3, -0.25) is 15.4 Å². The summed E-state index contributed by atoms with van der Waals surface area (Å²) in [7, 11) is 0. The van der Waals surface area contributed by atoms with Crippen LogP contribution in [0.2, 0.25) is 0 Å². The number of fused-ring (bicyclic) bond motifs is 1. The van der Waals surface area contributed by atoms with Gasteiger partial charge in [0, 0.05) is 25.2 Å². The van der Waals surface area contributed by atoms with E-state index in [1.54, 1.807) is 5.01 Å². The maximum Gasteiger partial charge on any atom is 0.258 e. The summed E-state index contributed by atoms with van der Waals surface area (Å²) in [4.78, 5) is 28.7. The molecule has 2 aromatic rings. The lowest BCUT2D eigenvalue weighted by molar-refractivity contribution is -0.109. The monoisotopic (exact) mass is 361 g/mol. The first-order valence-corrected chi connectivity index (χ1v) is 8.64. The SMILES string of the molecule is NN(CCNC=O)[C@H]1CC[C@@H](Oc2cc3c(=O)[nH]cnc3cc2O)CC1. The standard InChI is InChI=1S/C17H23N5O4/c18-22(6-5-19-10-23)11-1-3-12(4-2-11)26-16-7-13-14(8-15(16)24)20-9-21-17(13)25/h7-12,24H,1-6,18H2,(H,19,23)(H,20,21,25)/t11-,12+. The van der Waals surface area contributed by atoms with E-state index in [-0.39, 0.29) is 23.5 Å². The number of ether oxygens (including phenoxy) is 1. The molecule has 1 saturated carbocycles. The molecule has 1 amide bonds. The third-order valence-electron chi connectivity index (χ3n) is 4.73. The molecule has 0 bridgehead atoms. The molecule has 1 aromatic carbocycles. The van der Waals surface area contributed by atoms with Gasteiger partial charge in [-0.1, -0.05) is 0 Å². The summed E-state index contributed by atoms with van der Waals surface area (Å²) in [6.45, 7) is 1.11. The van der Waals surface area contributed by atoms with Crippen LogP contribution in [0.3, 0.4) is 0 Å². The van der Waals surface area contributed by atoms with Gasteiger partial charge in [-0.2, -0.15) is 0 Å². The number of amides is 1. The predicted octanol–water partition coefficient (Wildman–Crippen LogP) is 0.240. The van der Waals surface area contributed by atoms with Gasteiger partial charge >= 0.3 is 0 Å². The topological polar surface area (TPSA) is 134 Å². The van der Waals surface area contributed by atoms with E-state index < -0.39 is 0 Å². The molecule has 26 heavy (non-hydrogen) atoms. The van der Waals surface area contributed by atoms with Crippen molar-refractivity contribution in [3.05, 3.63) is 28.8 Å². The van der Waals surface area contributed by atoms with Crippen LogP contribution in [0, 0.1) is 0 Å². The molecule has 0 saturated heterocycles. The second-order valence-corrected chi connectivity index (χ2v) is 6.43. The minimum Gasteiger partial charge on any atom is -0.504 e. The lowest BCUT2D eigenvalue weighted by Crippen LogP contribution is -2.47. The quantitative estimate of drug-likeness (QED) is 0.240. The molecule has 9 heteroatoms. The summed E-state index contributed by atoms with van der Waals surface area (Å²) >= 11 is 0. The van der Waals surface area contributed by atoms with Gasteiger partial charge < -0.3 is 20.1 Å². The maximum absolute atomic E-state index is 11.9. The van der Waals surface area contributed by atoms with E-state index >= 15 is 0 Å². The molecule has 0 radical (unpaired) electrons. The van der Waals surface area contributed by atoms with Crippen LogP contribution in [-0.2, 0) is 4.79 Å². The molecule has 0 atom stereocenters. The Hall–Kier alpha value is -2.65. The van der Waals surface area contributed by atoms with E-state index in [0.29, 0.717) is 36.2 Å². The van der Waals surface area contributed by atoms with Crippen molar-refractivity contribution in [1.29, 1.82) is 0 Å². The van der Waals surface area contributed by atoms with Gasteiger partial charge in [0.25, 0.3) is 5.56 Å². The highest BCUT2D eigenvalue weighted by molar-refractivity contribution is 5.81. The van der Waals surface area contributed by atoms with Crippen LogP contribution in [0.4, 0.5) is 0 Å². The highest BCUT2D eigenvalue weighted by Crippen LogP contribution is 2.33. The van der Waals surface area contributed by atoms with Gasteiger partial charge in [-0.25, -0.2) is 9.99 Å². The number of nitrogens with zero attached hydrogens (tertiary/aromatic N) is 2. The van der Waals surface area contributed by atoms with Crippen LogP contribution < -0.4 is 21.5 Å². The van der Waals surface area contributed by atoms with E-state index in [1.165, 1.54) is 18.5 Å². The third kappa shape index (κ3) is 4.12. The number of carbonyl (C=O) groups excluding carboxylic acids is 1. The maximum atomic E-state index is 11.9. The van der Waals surface area contributed by atoms with Crippen LogP contribution in [0.5, 0.6) is 11.5 Å². The van der Waals surface area contributed by atoms with Crippen molar-refractivity contribution >= 4 is 17.3 Å². The Balaban J connectivity index is 1.60. The second kappa shape index (κ2) is 8.15. The number of hydrogen-bond acceptors (Lipinski definition) is 7. The Morgan fingerprint density at radius 2 is 2.15 bits per heavy atom. The highest BCUT2D eigenvalue weighted by atomic mass is 16.5. The normalized spacial score (nSPS) is 20.2. The number of phenols is 1. The number of H-pyrrole nitrogens is 1. The first-order valence-electron chi connectivity index (χ1n) is 8.64. The van der Waals surface area contributed by atoms with Crippen molar-refractivity contribution in [3.8, 4) is 11.5 Å². The molecule has 0 unspecified atom stereocenters. The molecule has 1 aromatic heterocycles. The summed E-state index contributed by atoms with van der Waals surface area (Å²) in [5, 5.41) is 14.9. The molecule has 1 heterocycles. The second-order valence-electron chi connectivity index (χ2n) is 6.43. The Bertz CT molecular complexity index is 816. The Morgan fingerprint density at radius 1 is 1.38 bits per heavy atom. The number of aromatic hydroxyl groups is 1. The zero-order valence-corrected chi connectivity index (χ0v) is 14.4. The summed E-state index contributed by atoms with van der Waals surface area (Å²) in [5.74, 6) is 6.30. The number of hydrogen-bond donors (Lipinski definition) is 4. The molecule has 5 N–H and O–H groups in total. The molecule has 1 fully saturated rings. The van der Waals surface area contributed by atoms with E-state index in [1.807, 2.05) is 0 Å². The average Bonchev–Trinajstić information content (AvgIpc) is 2.64. The minimum atomic E-state index is -0.272. The summed E-state index contributed by atoms with van der Waals surface area (Å²) in [5.41, 5.74) is 0.149. The number of hydrazine groups is 1. The van der Waals surface area contributed by atoms with Crippen LogP contribution >= 0.6 is 0 Å². The molecular formula is C17H23N5O4. The molecule has 1 aliphatic rings. The van der Waals surface area contributed by atoms with Gasteiger partial charge in [0.15, 0.2) is 11.5 Å². The fraction of sp³-hybridized carbons (Fsp3) is 0.471. The summed E-state index contributed by atoms with van der Waals surface area (Å²) in [6, 6.07) is 3.20. The third-order valence-corrected chi connectivity index (χ3v) is 4.73. The largest absolute Gasteiger partial charge is 0.504 e. The number of aromatic amines is 1. The zero-order valence-electron chi connectivity index (χ0n) is 14.4. The molecule has 140 valence electrons. The molecule has 0 spiro atoms. The molecule has 0 aliphatic heterocycles. The fourth-order valence-corrected chi connectivity index (χ4v) is 3.29. The molecule has 9 nitrogen and oxygen atoms in total. The lowest BCUT2D eigenvalue weighted by Gasteiger charge is -2.34. The van der Waals surface area contributed by atoms with E-state index in [9.17, 15) is 14.7 Å². The van der Waals surface area contributed by atoms with Crippen molar-refractivity contribution in [2.24, 2.45) is 5.84 Å². The number of benzene rings is 1. The number of nitrogens with one attached hydrogen (secondary N) is 2. The van der Waals surface area contributed by atoms with Crippen LogP contribution in [0.25, 0.3) is 10.9 Å². The lowest BCUT2D eigenvalue weighted by atomic mass is 9.92. The van der Waals surface area contributed by atoms with Crippen molar-refractivity contribution in [2.75, 3.05) is 13.1 Å². The summed E-state index contributed by atoms with van der Waals surface area (Å²) in [6.07, 6.45) is 5.22. The van der Waals surface area contributed by atoms with Crippen molar-refractivity contribution in [3.63, 3.8) is 0 Å². The van der Waals surface area contributed by atoms with Gasteiger partial charge in [-0.05, 0) is 31.7 Å². The number of phenolic OH excluding ortho intramolecular Hbond substituents is 1. The van der Waals surface area contributed by atoms with E-state index in [2.05, 4.69) is 15.3 Å². The van der Waals surface area contributed by atoms with Gasteiger partial charge in [-0.15, -0.1) is 0 Å². The predicted molar refractivity (Wildman–Crippen MR) is 95.7 cm³/mol. The minimum absolute atomic E-state index is 0.0295. The smallest absolute Gasteiger partial charge is 0.258 e. The average molecular weight is 361 g/mol. The van der Waals surface area contributed by atoms with Gasteiger partial charge in [0.1, 0.15) is 0 Å². The first kappa shape index (κ1) is 18.2. The highest BCUT2D eigenvalue weighted by Gasteiger charge is 2.26. The van der Waals surface area contributed by atoms with Crippen molar-refractivity contribution in [1.82, 2.24) is 20.3 Å². The van der Waals surface area contributed by atoms with Gasteiger partial charge in [0.05, 0.1) is 23.3 Å². The van der Waals surface area contributed by atoms with Crippen LogP contribution in [0.1, 0.15) is 25.7 Å². The van der Waals surface area contributed by atoms with Crippen LogP contribution in [0.15, 0.2) is 23.3 Å². The van der Waals surface area contributed by atoms with E-state index in [4.69, 9.17) is 10.6 Å². The number of aromatic nitrogens is 2. The number of rotatable bonds is 7. The van der Waals surface area contributed by atoms with Gasteiger partial charge in [0.2, 0.25) is 6.41 Å². The van der Waals surface area contributed by atoms with Crippen LogP contribution in [-0.4, -0.2) is 51.7 Å². The first-order chi connectivity index (χ1) is 12.6. The summed E-state index contributed by atoms with van der Waals surface area (Å²) < 4.78 is 5.93. The van der Waals surface area contributed by atoms with Crippen molar-refractivity contribution < 1.29 is 14.6 Å². The number of carbonyl (C=O) groups is 1. The zero-order chi connectivity index (χ0) is 18.5. The number of nitrogens with two attached hydrogens (primary N) is 1. The molecular weight excluding hydrogens is 338 g/mol. The molecule has 3 rings (SSSR count). The Kier molecular flexibility index (Phi) is 5.69.